The van der Waals surface area contributed by atoms with Crippen LogP contribution in [0.2, 0.25) is 0 Å². The molecule has 108 valence electrons. The minimum Gasteiger partial charge on any atom is -0.479 e. The van der Waals surface area contributed by atoms with E-state index >= 15 is 0 Å². The average molecular weight is 269 g/mol. The number of amides is 1. The van der Waals surface area contributed by atoms with Gasteiger partial charge in [0.2, 0.25) is 5.91 Å². The molecule has 2 aliphatic heterocycles. The van der Waals surface area contributed by atoms with E-state index in [-0.39, 0.29) is 17.9 Å². The maximum absolute atomic E-state index is 12.6. The first kappa shape index (κ1) is 14.3. The fraction of sp³-hybridized carbons (Fsp3) is 0.857. The van der Waals surface area contributed by atoms with Crippen molar-refractivity contribution >= 4 is 11.9 Å². The van der Waals surface area contributed by atoms with Crippen LogP contribution in [0.5, 0.6) is 0 Å². The summed E-state index contributed by atoms with van der Waals surface area (Å²) in [4.78, 5) is 26.0. The van der Waals surface area contributed by atoms with E-state index in [1.54, 1.807) is 4.90 Å². The molecule has 0 spiro atoms. The summed E-state index contributed by atoms with van der Waals surface area (Å²) in [7, 11) is 0. The average Bonchev–Trinajstić information content (AvgIpc) is 2.96. The summed E-state index contributed by atoms with van der Waals surface area (Å²) in [5.74, 6) is -1.06. The van der Waals surface area contributed by atoms with Gasteiger partial charge < -0.3 is 14.7 Å². The highest BCUT2D eigenvalue weighted by Gasteiger charge is 2.51. The van der Waals surface area contributed by atoms with Gasteiger partial charge in [-0.25, -0.2) is 4.79 Å². The Kier molecular flexibility index (Phi) is 4.13. The van der Waals surface area contributed by atoms with Gasteiger partial charge in [-0.1, -0.05) is 13.3 Å². The van der Waals surface area contributed by atoms with Gasteiger partial charge in [-0.3, -0.25) is 4.79 Å². The van der Waals surface area contributed by atoms with Gasteiger partial charge in [0, 0.05) is 13.2 Å². The van der Waals surface area contributed by atoms with Gasteiger partial charge in [0.1, 0.15) is 5.54 Å². The zero-order chi connectivity index (χ0) is 14.0. The molecule has 1 N–H and O–H groups in total. The van der Waals surface area contributed by atoms with Crippen LogP contribution in [0.1, 0.15) is 46.0 Å². The van der Waals surface area contributed by atoms with Crippen LogP contribution < -0.4 is 0 Å². The molecule has 2 rings (SSSR count). The second kappa shape index (κ2) is 5.49. The Morgan fingerprint density at radius 2 is 2.21 bits per heavy atom. The number of carbonyl (C=O) groups excluding carboxylic acids is 1. The van der Waals surface area contributed by atoms with Crippen molar-refractivity contribution in [3.05, 3.63) is 0 Å². The lowest BCUT2D eigenvalue weighted by molar-refractivity contribution is -0.159. The number of hydrogen-bond acceptors (Lipinski definition) is 3. The van der Waals surface area contributed by atoms with E-state index in [1.165, 1.54) is 0 Å². The molecule has 0 aliphatic carbocycles. The predicted octanol–water partition coefficient (Wildman–Crippen LogP) is 1.66. The smallest absolute Gasteiger partial charge is 0.329 e. The Balaban J connectivity index is 2.21. The summed E-state index contributed by atoms with van der Waals surface area (Å²) < 4.78 is 5.44. The zero-order valence-electron chi connectivity index (χ0n) is 11.7. The van der Waals surface area contributed by atoms with Crippen LogP contribution in [0.15, 0.2) is 0 Å². The number of rotatable bonds is 4. The lowest BCUT2D eigenvalue weighted by atomic mass is 9.89. The molecule has 2 aliphatic rings. The Labute approximate surface area is 113 Å². The molecular weight excluding hydrogens is 246 g/mol. The van der Waals surface area contributed by atoms with Gasteiger partial charge in [-0.05, 0) is 32.6 Å². The third-order valence-corrected chi connectivity index (χ3v) is 4.51. The van der Waals surface area contributed by atoms with E-state index in [4.69, 9.17) is 4.74 Å². The van der Waals surface area contributed by atoms with E-state index in [2.05, 4.69) is 0 Å². The standard InChI is InChI=1S/C14H23NO4/c1-3-6-14(13(17)18)7-4-8-15(14)12(16)11-5-9-19-10(11)2/h10-11H,3-9H2,1-2H3,(H,17,18). The number of likely N-dealkylation sites (tertiary alicyclic amines) is 1. The van der Waals surface area contributed by atoms with Crippen LogP contribution in [0.25, 0.3) is 0 Å². The first-order valence-corrected chi connectivity index (χ1v) is 7.19. The second-order valence-corrected chi connectivity index (χ2v) is 5.65. The van der Waals surface area contributed by atoms with Crippen molar-refractivity contribution in [2.45, 2.75) is 57.6 Å². The van der Waals surface area contributed by atoms with Gasteiger partial charge >= 0.3 is 5.97 Å². The van der Waals surface area contributed by atoms with Gasteiger partial charge in [-0.15, -0.1) is 0 Å². The highest BCUT2D eigenvalue weighted by molar-refractivity contribution is 5.89. The Hall–Kier alpha value is -1.10. The van der Waals surface area contributed by atoms with E-state index in [1.807, 2.05) is 13.8 Å². The molecule has 0 aromatic rings. The molecule has 0 radical (unpaired) electrons. The number of carboxylic acid groups (broad SMARTS) is 1. The van der Waals surface area contributed by atoms with Crippen molar-refractivity contribution in [1.82, 2.24) is 4.90 Å². The molecule has 2 saturated heterocycles. The number of carbonyl (C=O) groups is 2. The van der Waals surface area contributed by atoms with Crippen LogP contribution in [-0.2, 0) is 14.3 Å². The third kappa shape index (κ3) is 2.36. The minimum atomic E-state index is -0.978. The monoisotopic (exact) mass is 269 g/mol. The van der Waals surface area contributed by atoms with Crippen LogP contribution in [-0.4, -0.2) is 46.7 Å². The topological polar surface area (TPSA) is 66.8 Å². The van der Waals surface area contributed by atoms with Crippen molar-refractivity contribution in [1.29, 1.82) is 0 Å². The van der Waals surface area contributed by atoms with E-state index in [0.717, 1.165) is 12.8 Å². The molecule has 0 aromatic heterocycles. The number of hydrogen-bond donors (Lipinski definition) is 1. The van der Waals surface area contributed by atoms with Crippen molar-refractivity contribution in [3.8, 4) is 0 Å². The van der Waals surface area contributed by atoms with Gasteiger partial charge in [-0.2, -0.15) is 0 Å². The van der Waals surface area contributed by atoms with Crippen molar-refractivity contribution < 1.29 is 19.4 Å². The van der Waals surface area contributed by atoms with Crippen LogP contribution in [0, 0.1) is 5.92 Å². The van der Waals surface area contributed by atoms with Crippen molar-refractivity contribution in [3.63, 3.8) is 0 Å². The Morgan fingerprint density at radius 3 is 2.74 bits per heavy atom. The minimum absolute atomic E-state index is 0.0293. The van der Waals surface area contributed by atoms with Gasteiger partial charge in [0.05, 0.1) is 12.0 Å². The lowest BCUT2D eigenvalue weighted by Gasteiger charge is -2.36. The number of carboxylic acids is 1. The molecular formula is C14H23NO4. The third-order valence-electron chi connectivity index (χ3n) is 4.51. The Bertz CT molecular complexity index is 370. The zero-order valence-corrected chi connectivity index (χ0v) is 11.7. The molecule has 5 heteroatoms. The van der Waals surface area contributed by atoms with Crippen LogP contribution in [0.3, 0.4) is 0 Å². The molecule has 3 atom stereocenters. The fourth-order valence-electron chi connectivity index (χ4n) is 3.46. The highest BCUT2D eigenvalue weighted by Crippen LogP contribution is 2.37. The first-order valence-electron chi connectivity index (χ1n) is 7.19. The number of aliphatic carboxylic acids is 1. The van der Waals surface area contributed by atoms with E-state index in [0.29, 0.717) is 32.4 Å². The first-order chi connectivity index (χ1) is 9.03. The van der Waals surface area contributed by atoms with Gasteiger partial charge in [0.25, 0.3) is 0 Å². The number of nitrogens with zero attached hydrogens (tertiary/aromatic N) is 1. The number of ether oxygens (including phenoxy) is 1. The summed E-state index contributed by atoms with van der Waals surface area (Å²) in [6, 6.07) is 0. The molecule has 19 heavy (non-hydrogen) atoms. The molecule has 2 heterocycles. The van der Waals surface area contributed by atoms with Crippen molar-refractivity contribution in [2.24, 2.45) is 5.92 Å². The van der Waals surface area contributed by atoms with Crippen LogP contribution >= 0.6 is 0 Å². The SMILES string of the molecule is CCCC1(C(=O)O)CCCN1C(=O)C1CCOC1C. The van der Waals surface area contributed by atoms with E-state index in [9.17, 15) is 14.7 Å². The molecule has 5 nitrogen and oxygen atoms in total. The van der Waals surface area contributed by atoms with Crippen molar-refractivity contribution in [2.75, 3.05) is 13.2 Å². The molecule has 0 aromatic carbocycles. The highest BCUT2D eigenvalue weighted by atomic mass is 16.5. The van der Waals surface area contributed by atoms with Gasteiger partial charge in [0.15, 0.2) is 0 Å². The molecule has 0 bridgehead atoms. The lowest BCUT2D eigenvalue weighted by Crippen LogP contribution is -2.55. The fourth-order valence-corrected chi connectivity index (χ4v) is 3.46. The maximum Gasteiger partial charge on any atom is 0.329 e. The summed E-state index contributed by atoms with van der Waals surface area (Å²) in [6.07, 6.45) is 3.27. The van der Waals surface area contributed by atoms with Crippen LogP contribution in [0.4, 0.5) is 0 Å². The van der Waals surface area contributed by atoms with E-state index < -0.39 is 11.5 Å². The molecule has 3 unspecified atom stereocenters. The molecule has 1 amide bonds. The summed E-state index contributed by atoms with van der Waals surface area (Å²) in [5.41, 5.74) is -0.978. The predicted molar refractivity (Wildman–Crippen MR) is 69.7 cm³/mol. The summed E-state index contributed by atoms with van der Waals surface area (Å²) >= 11 is 0. The largest absolute Gasteiger partial charge is 0.479 e. The maximum atomic E-state index is 12.6. The Morgan fingerprint density at radius 1 is 1.47 bits per heavy atom. The quantitative estimate of drug-likeness (QED) is 0.843. The normalized spacial score (nSPS) is 34.7. The summed E-state index contributed by atoms with van der Waals surface area (Å²) in [5, 5.41) is 9.60. The summed E-state index contributed by atoms with van der Waals surface area (Å²) in [6.45, 7) is 5.02. The second-order valence-electron chi connectivity index (χ2n) is 5.65. The molecule has 2 fully saturated rings. The molecule has 0 saturated carbocycles.